The number of nitrogens with one attached hydrogen (secondary N) is 1. The molecule has 1 unspecified atom stereocenters. The third kappa shape index (κ3) is 2.46. The van der Waals surface area contributed by atoms with E-state index >= 15 is 0 Å². The normalized spacial score (nSPS) is 19.2. The third-order valence-electron chi connectivity index (χ3n) is 3.10. The first-order valence-corrected chi connectivity index (χ1v) is 7.35. The van der Waals surface area contributed by atoms with Crippen LogP contribution in [-0.4, -0.2) is 5.16 Å². The van der Waals surface area contributed by atoms with E-state index in [-0.39, 0.29) is 0 Å². The quantitative estimate of drug-likeness (QED) is 0.939. The van der Waals surface area contributed by atoms with E-state index in [4.69, 9.17) is 4.52 Å². The highest BCUT2D eigenvalue weighted by Crippen LogP contribution is 2.37. The summed E-state index contributed by atoms with van der Waals surface area (Å²) >= 11 is 5.43. The molecule has 3 rings (SSSR count). The highest BCUT2D eigenvalue weighted by molar-refractivity contribution is 9.11. The average molecular weight is 313 g/mol. The van der Waals surface area contributed by atoms with Gasteiger partial charge in [-0.25, -0.2) is 0 Å². The number of aryl methyl sites for hydroxylation is 1. The fraction of sp³-hybridized carbons (Fsp3) is 0.417. The van der Waals surface area contributed by atoms with Gasteiger partial charge in [0.1, 0.15) is 5.76 Å². The molecule has 0 saturated heterocycles. The summed E-state index contributed by atoms with van der Waals surface area (Å²) in [4.78, 5) is 1.51. The van der Waals surface area contributed by atoms with Crippen molar-refractivity contribution in [3.63, 3.8) is 0 Å². The van der Waals surface area contributed by atoms with Crippen molar-refractivity contribution in [2.75, 3.05) is 0 Å². The van der Waals surface area contributed by atoms with Crippen LogP contribution < -0.4 is 5.32 Å². The summed E-state index contributed by atoms with van der Waals surface area (Å²) < 4.78 is 6.33. The fourth-order valence-electron chi connectivity index (χ4n) is 2.29. The lowest BCUT2D eigenvalue weighted by atomic mass is 9.94. The van der Waals surface area contributed by atoms with Crippen LogP contribution in [0.2, 0.25) is 0 Å². The number of nitrogens with zero attached hydrogens (tertiary/aromatic N) is 1. The first-order valence-electron chi connectivity index (χ1n) is 5.74. The van der Waals surface area contributed by atoms with Crippen LogP contribution in [0.3, 0.4) is 0 Å². The van der Waals surface area contributed by atoms with E-state index < -0.39 is 0 Å². The van der Waals surface area contributed by atoms with Gasteiger partial charge in [0.25, 0.3) is 0 Å². The summed E-state index contributed by atoms with van der Waals surface area (Å²) in [6, 6.07) is 4.60. The van der Waals surface area contributed by atoms with Crippen molar-refractivity contribution in [3.8, 4) is 0 Å². The number of hydrogen-bond donors (Lipinski definition) is 1. The molecule has 1 aliphatic carbocycles. The Morgan fingerprint density at radius 2 is 2.53 bits per heavy atom. The molecule has 1 N–H and O–H groups in total. The molecule has 0 radical (unpaired) electrons. The van der Waals surface area contributed by atoms with Crippen molar-refractivity contribution in [2.24, 2.45) is 0 Å². The summed E-state index contributed by atoms with van der Waals surface area (Å²) in [6.45, 7) is 0.748. The maximum atomic E-state index is 5.10. The van der Waals surface area contributed by atoms with Gasteiger partial charge in [-0.3, -0.25) is 0 Å². The maximum Gasteiger partial charge on any atom is 0.150 e. The van der Waals surface area contributed by atoms with Crippen molar-refractivity contribution in [1.29, 1.82) is 0 Å². The van der Waals surface area contributed by atoms with E-state index in [1.54, 1.807) is 6.20 Å². The Labute approximate surface area is 112 Å². The Balaban J connectivity index is 1.72. The number of thiophene rings is 1. The first kappa shape index (κ1) is 11.4. The van der Waals surface area contributed by atoms with Gasteiger partial charge in [-0.15, -0.1) is 11.3 Å². The fourth-order valence-corrected chi connectivity index (χ4v) is 4.11. The Morgan fingerprint density at radius 1 is 1.59 bits per heavy atom. The molecule has 5 heteroatoms. The molecule has 0 spiro atoms. The molecular weight excluding hydrogens is 300 g/mol. The summed E-state index contributed by atoms with van der Waals surface area (Å²) in [5, 5.41) is 7.26. The summed E-state index contributed by atoms with van der Waals surface area (Å²) in [7, 11) is 0. The van der Waals surface area contributed by atoms with Crippen molar-refractivity contribution >= 4 is 27.3 Å². The van der Waals surface area contributed by atoms with Crippen LogP contribution in [0.5, 0.6) is 0 Å². The van der Waals surface area contributed by atoms with E-state index in [9.17, 15) is 0 Å². The second-order valence-corrected chi connectivity index (χ2v) is 6.75. The number of halogens is 1. The zero-order valence-corrected chi connectivity index (χ0v) is 11.7. The molecule has 2 heterocycles. The number of aromatic nitrogens is 1. The van der Waals surface area contributed by atoms with Gasteiger partial charge in [-0.05, 0) is 46.8 Å². The van der Waals surface area contributed by atoms with Crippen molar-refractivity contribution in [1.82, 2.24) is 10.5 Å². The molecule has 0 saturated carbocycles. The molecule has 1 atom stereocenters. The SMILES string of the molecule is Brc1cc2c(s1)CCCC2NCc1ccno1. The van der Waals surface area contributed by atoms with Crippen LogP contribution in [0.4, 0.5) is 0 Å². The van der Waals surface area contributed by atoms with Crippen LogP contribution in [0, 0.1) is 0 Å². The van der Waals surface area contributed by atoms with Gasteiger partial charge in [0.15, 0.2) is 0 Å². The van der Waals surface area contributed by atoms with Crippen LogP contribution in [-0.2, 0) is 13.0 Å². The van der Waals surface area contributed by atoms with E-state index in [1.165, 1.54) is 33.5 Å². The van der Waals surface area contributed by atoms with Crippen LogP contribution in [0.25, 0.3) is 0 Å². The highest BCUT2D eigenvalue weighted by Gasteiger charge is 2.22. The second kappa shape index (κ2) is 4.92. The predicted molar refractivity (Wildman–Crippen MR) is 71.0 cm³/mol. The molecule has 90 valence electrons. The molecule has 0 aromatic carbocycles. The van der Waals surface area contributed by atoms with Gasteiger partial charge < -0.3 is 9.84 Å². The Morgan fingerprint density at radius 3 is 3.35 bits per heavy atom. The molecule has 2 aromatic rings. The summed E-state index contributed by atoms with van der Waals surface area (Å²) in [5.74, 6) is 0.895. The predicted octanol–water partition coefficient (Wildman–Crippen LogP) is 3.67. The van der Waals surface area contributed by atoms with Crippen molar-refractivity contribution < 1.29 is 4.52 Å². The third-order valence-corrected chi connectivity index (χ3v) is 4.81. The Hall–Kier alpha value is -0.650. The zero-order valence-electron chi connectivity index (χ0n) is 9.28. The first-order chi connectivity index (χ1) is 8.33. The molecule has 0 aliphatic heterocycles. The van der Waals surface area contributed by atoms with Gasteiger partial charge in [-0.2, -0.15) is 0 Å². The molecule has 3 nitrogen and oxygen atoms in total. The molecular formula is C12H13BrN2OS. The van der Waals surface area contributed by atoms with Crippen LogP contribution in [0.1, 0.15) is 35.1 Å². The smallest absolute Gasteiger partial charge is 0.150 e. The Bertz CT molecular complexity index is 495. The molecule has 0 amide bonds. The maximum absolute atomic E-state index is 5.10. The van der Waals surface area contributed by atoms with Gasteiger partial charge in [0.2, 0.25) is 0 Å². The standard InChI is InChI=1S/C12H13BrN2OS/c13-12-6-9-10(2-1-3-11(9)17-12)14-7-8-4-5-15-16-8/h4-6,10,14H,1-3,7H2. The van der Waals surface area contributed by atoms with Gasteiger partial charge in [0.05, 0.1) is 16.5 Å². The van der Waals surface area contributed by atoms with Gasteiger partial charge >= 0.3 is 0 Å². The molecule has 0 fully saturated rings. The Kier molecular flexibility index (Phi) is 3.31. The number of hydrogen-bond acceptors (Lipinski definition) is 4. The van der Waals surface area contributed by atoms with E-state index in [0.717, 1.165) is 12.3 Å². The minimum absolute atomic E-state index is 0.450. The highest BCUT2D eigenvalue weighted by atomic mass is 79.9. The van der Waals surface area contributed by atoms with Crippen molar-refractivity contribution in [2.45, 2.75) is 31.8 Å². The zero-order chi connectivity index (χ0) is 11.7. The average Bonchev–Trinajstić information content (AvgIpc) is 2.93. The topological polar surface area (TPSA) is 38.1 Å². The number of fused-ring (bicyclic) bond motifs is 1. The van der Waals surface area contributed by atoms with E-state index in [2.05, 4.69) is 32.5 Å². The minimum Gasteiger partial charge on any atom is -0.360 e. The lowest BCUT2D eigenvalue weighted by molar-refractivity contribution is 0.356. The molecule has 17 heavy (non-hydrogen) atoms. The van der Waals surface area contributed by atoms with Gasteiger partial charge in [-0.1, -0.05) is 5.16 Å². The van der Waals surface area contributed by atoms with Crippen molar-refractivity contribution in [3.05, 3.63) is 38.3 Å². The van der Waals surface area contributed by atoms with Gasteiger partial charge in [0, 0.05) is 17.0 Å². The minimum atomic E-state index is 0.450. The lowest BCUT2D eigenvalue weighted by Gasteiger charge is -2.23. The lowest BCUT2D eigenvalue weighted by Crippen LogP contribution is -2.23. The van der Waals surface area contributed by atoms with E-state index in [0.29, 0.717) is 6.04 Å². The molecule has 1 aliphatic rings. The monoisotopic (exact) mass is 312 g/mol. The van der Waals surface area contributed by atoms with Crippen LogP contribution >= 0.6 is 27.3 Å². The largest absolute Gasteiger partial charge is 0.360 e. The summed E-state index contributed by atoms with van der Waals surface area (Å²) in [6.07, 6.45) is 5.36. The van der Waals surface area contributed by atoms with E-state index in [1.807, 2.05) is 17.4 Å². The number of rotatable bonds is 3. The second-order valence-electron chi connectivity index (χ2n) is 4.23. The summed E-state index contributed by atoms with van der Waals surface area (Å²) in [5.41, 5.74) is 1.45. The molecule has 2 aromatic heterocycles. The van der Waals surface area contributed by atoms with Crippen LogP contribution in [0.15, 0.2) is 26.6 Å². The molecule has 0 bridgehead atoms.